The standard InChI is InChI=1S/C11H16ClNO4S/c1-11(2,7-14)13-18(15,16)10-6-8(12)4-5-9(10)17-3/h4-6,13-14H,7H2,1-3H3. The Kier molecular flexibility index (Phi) is 4.61. The normalized spacial score (nSPS) is 12.5. The van der Waals surface area contributed by atoms with Crippen LogP contribution in [0.1, 0.15) is 13.8 Å². The summed E-state index contributed by atoms with van der Waals surface area (Å²) < 4.78 is 31.7. The van der Waals surface area contributed by atoms with Gasteiger partial charge in [0, 0.05) is 5.02 Å². The Bertz CT molecular complexity index is 528. The molecule has 0 aromatic heterocycles. The second kappa shape index (κ2) is 5.44. The van der Waals surface area contributed by atoms with Gasteiger partial charge in [0.15, 0.2) is 0 Å². The molecule has 0 aliphatic heterocycles. The van der Waals surface area contributed by atoms with Crippen LogP contribution in [0.4, 0.5) is 0 Å². The molecule has 0 saturated carbocycles. The van der Waals surface area contributed by atoms with E-state index in [9.17, 15) is 8.42 Å². The zero-order valence-corrected chi connectivity index (χ0v) is 12.0. The van der Waals surface area contributed by atoms with Gasteiger partial charge >= 0.3 is 0 Å². The van der Waals surface area contributed by atoms with E-state index in [0.717, 1.165) is 0 Å². The molecule has 7 heteroatoms. The number of hydrogen-bond donors (Lipinski definition) is 2. The summed E-state index contributed by atoms with van der Waals surface area (Å²) in [6.07, 6.45) is 0. The number of nitrogens with one attached hydrogen (secondary N) is 1. The minimum absolute atomic E-state index is 0.0565. The molecule has 0 fully saturated rings. The van der Waals surface area contributed by atoms with Crippen molar-refractivity contribution in [2.45, 2.75) is 24.3 Å². The minimum Gasteiger partial charge on any atom is -0.495 e. The third-order valence-electron chi connectivity index (χ3n) is 2.22. The molecular weight excluding hydrogens is 278 g/mol. The van der Waals surface area contributed by atoms with E-state index in [2.05, 4.69) is 4.72 Å². The van der Waals surface area contributed by atoms with E-state index >= 15 is 0 Å². The van der Waals surface area contributed by atoms with E-state index in [-0.39, 0.29) is 22.3 Å². The molecule has 1 aromatic carbocycles. The molecule has 0 aliphatic rings. The molecule has 102 valence electrons. The number of halogens is 1. The fourth-order valence-corrected chi connectivity index (χ4v) is 3.15. The number of aliphatic hydroxyl groups is 1. The van der Waals surface area contributed by atoms with E-state index in [4.69, 9.17) is 21.4 Å². The quantitative estimate of drug-likeness (QED) is 0.860. The Morgan fingerprint density at radius 3 is 2.56 bits per heavy atom. The summed E-state index contributed by atoms with van der Waals surface area (Å²) in [5, 5.41) is 9.39. The van der Waals surface area contributed by atoms with Crippen molar-refractivity contribution in [2.75, 3.05) is 13.7 Å². The maximum Gasteiger partial charge on any atom is 0.244 e. The van der Waals surface area contributed by atoms with Gasteiger partial charge in [-0.15, -0.1) is 0 Å². The molecule has 0 saturated heterocycles. The summed E-state index contributed by atoms with van der Waals surface area (Å²) in [7, 11) is -2.44. The molecule has 18 heavy (non-hydrogen) atoms. The maximum atomic E-state index is 12.2. The molecule has 0 aliphatic carbocycles. The van der Waals surface area contributed by atoms with Crippen molar-refractivity contribution in [2.24, 2.45) is 0 Å². The largest absolute Gasteiger partial charge is 0.495 e. The molecular formula is C11H16ClNO4S. The van der Waals surface area contributed by atoms with Crippen LogP contribution in [0.2, 0.25) is 5.02 Å². The summed E-state index contributed by atoms with van der Waals surface area (Å²) in [4.78, 5) is -0.0565. The lowest BCUT2D eigenvalue weighted by molar-refractivity contribution is 0.208. The molecule has 1 rings (SSSR count). The van der Waals surface area contributed by atoms with Gasteiger partial charge in [0.2, 0.25) is 10.0 Å². The molecule has 0 radical (unpaired) electrons. The van der Waals surface area contributed by atoms with Gasteiger partial charge in [0.25, 0.3) is 0 Å². The molecule has 0 atom stereocenters. The van der Waals surface area contributed by atoms with Gasteiger partial charge < -0.3 is 9.84 Å². The molecule has 0 bridgehead atoms. The summed E-state index contributed by atoms with van der Waals surface area (Å²) in [5.74, 6) is 0.195. The Labute approximate surface area is 112 Å². The minimum atomic E-state index is -3.81. The van der Waals surface area contributed by atoms with Crippen LogP contribution in [0.5, 0.6) is 5.75 Å². The van der Waals surface area contributed by atoms with E-state index in [1.165, 1.54) is 25.3 Å². The molecule has 0 amide bonds. The highest BCUT2D eigenvalue weighted by Gasteiger charge is 2.28. The molecule has 5 nitrogen and oxygen atoms in total. The van der Waals surface area contributed by atoms with Gasteiger partial charge in [-0.2, -0.15) is 0 Å². The van der Waals surface area contributed by atoms with Crippen molar-refractivity contribution in [3.63, 3.8) is 0 Å². The highest BCUT2D eigenvalue weighted by atomic mass is 35.5. The molecule has 0 heterocycles. The van der Waals surface area contributed by atoms with Crippen molar-refractivity contribution in [3.05, 3.63) is 23.2 Å². The number of sulfonamides is 1. The van der Waals surface area contributed by atoms with Crippen LogP contribution in [0.25, 0.3) is 0 Å². The van der Waals surface area contributed by atoms with Crippen LogP contribution < -0.4 is 9.46 Å². The third kappa shape index (κ3) is 3.58. The number of ether oxygens (including phenoxy) is 1. The topological polar surface area (TPSA) is 75.6 Å². The third-order valence-corrected chi connectivity index (χ3v) is 4.18. The van der Waals surface area contributed by atoms with Crippen molar-refractivity contribution in [3.8, 4) is 5.75 Å². The Balaban J connectivity index is 3.24. The van der Waals surface area contributed by atoms with Crippen LogP contribution in [0, 0.1) is 0 Å². The Hall–Kier alpha value is -0.820. The maximum absolute atomic E-state index is 12.2. The second-order valence-electron chi connectivity index (χ2n) is 4.44. The fourth-order valence-electron chi connectivity index (χ4n) is 1.31. The zero-order chi connectivity index (χ0) is 14.0. The number of rotatable bonds is 5. The fraction of sp³-hybridized carbons (Fsp3) is 0.455. The Morgan fingerprint density at radius 1 is 1.44 bits per heavy atom. The van der Waals surface area contributed by atoms with E-state index < -0.39 is 15.6 Å². The van der Waals surface area contributed by atoms with Crippen molar-refractivity contribution in [1.29, 1.82) is 0 Å². The first kappa shape index (κ1) is 15.2. The van der Waals surface area contributed by atoms with Crippen LogP contribution in [-0.4, -0.2) is 32.8 Å². The van der Waals surface area contributed by atoms with E-state index in [1.807, 2.05) is 0 Å². The van der Waals surface area contributed by atoms with Crippen LogP contribution in [0.15, 0.2) is 23.1 Å². The summed E-state index contributed by atoms with van der Waals surface area (Å²) in [6, 6.07) is 4.32. The number of aliphatic hydroxyl groups excluding tert-OH is 1. The molecule has 1 aromatic rings. The van der Waals surface area contributed by atoms with Crippen LogP contribution >= 0.6 is 11.6 Å². The Morgan fingerprint density at radius 2 is 2.06 bits per heavy atom. The van der Waals surface area contributed by atoms with Gasteiger partial charge in [-0.05, 0) is 32.0 Å². The number of methoxy groups -OCH3 is 1. The average Bonchev–Trinajstić information content (AvgIpc) is 2.28. The van der Waals surface area contributed by atoms with Gasteiger partial charge in [-0.25, -0.2) is 13.1 Å². The second-order valence-corrected chi connectivity index (χ2v) is 6.53. The molecule has 0 spiro atoms. The lowest BCUT2D eigenvalue weighted by atomic mass is 10.1. The predicted octanol–water partition coefficient (Wildman–Crippen LogP) is 1.40. The van der Waals surface area contributed by atoms with Gasteiger partial charge in [0.1, 0.15) is 10.6 Å². The lowest BCUT2D eigenvalue weighted by Crippen LogP contribution is -2.46. The molecule has 2 N–H and O–H groups in total. The smallest absolute Gasteiger partial charge is 0.244 e. The predicted molar refractivity (Wildman–Crippen MR) is 69.5 cm³/mol. The van der Waals surface area contributed by atoms with Gasteiger partial charge in [-0.3, -0.25) is 0 Å². The van der Waals surface area contributed by atoms with Crippen molar-refractivity contribution in [1.82, 2.24) is 4.72 Å². The summed E-state index contributed by atoms with van der Waals surface area (Å²) in [5.41, 5.74) is -0.966. The highest BCUT2D eigenvalue weighted by molar-refractivity contribution is 7.89. The van der Waals surface area contributed by atoms with Crippen LogP contribution in [-0.2, 0) is 10.0 Å². The van der Waals surface area contributed by atoms with Crippen molar-refractivity contribution < 1.29 is 18.3 Å². The lowest BCUT2D eigenvalue weighted by Gasteiger charge is -2.23. The average molecular weight is 294 g/mol. The van der Waals surface area contributed by atoms with E-state index in [0.29, 0.717) is 0 Å². The zero-order valence-electron chi connectivity index (χ0n) is 10.4. The van der Waals surface area contributed by atoms with E-state index in [1.54, 1.807) is 13.8 Å². The summed E-state index contributed by atoms with van der Waals surface area (Å²) in [6.45, 7) is 2.82. The number of hydrogen-bond acceptors (Lipinski definition) is 4. The van der Waals surface area contributed by atoms with Crippen LogP contribution in [0.3, 0.4) is 0 Å². The first-order chi connectivity index (χ1) is 8.22. The first-order valence-corrected chi connectivity index (χ1v) is 7.06. The number of benzene rings is 1. The summed E-state index contributed by atoms with van der Waals surface area (Å²) >= 11 is 5.79. The first-order valence-electron chi connectivity index (χ1n) is 5.20. The van der Waals surface area contributed by atoms with Gasteiger partial charge in [0.05, 0.1) is 19.3 Å². The molecule has 0 unspecified atom stereocenters. The van der Waals surface area contributed by atoms with Gasteiger partial charge in [-0.1, -0.05) is 11.6 Å². The monoisotopic (exact) mass is 293 g/mol. The van der Waals surface area contributed by atoms with Crippen molar-refractivity contribution >= 4 is 21.6 Å². The highest BCUT2D eigenvalue weighted by Crippen LogP contribution is 2.27. The SMILES string of the molecule is COc1ccc(Cl)cc1S(=O)(=O)NC(C)(C)CO.